The average Bonchev–Trinajstić information content (AvgIpc) is 2.85. The summed E-state index contributed by atoms with van der Waals surface area (Å²) in [6.45, 7) is 1.73. The minimum atomic E-state index is -4.07. The first-order valence-electron chi connectivity index (χ1n) is 6.60. The highest BCUT2D eigenvalue weighted by Crippen LogP contribution is 2.15. The van der Waals surface area contributed by atoms with E-state index >= 15 is 0 Å². The molecule has 0 aliphatic rings. The molecule has 1 aromatic rings. The summed E-state index contributed by atoms with van der Waals surface area (Å²) in [6.07, 6.45) is 1.95. The first-order chi connectivity index (χ1) is 10.2. The van der Waals surface area contributed by atoms with E-state index < -0.39 is 33.2 Å². The van der Waals surface area contributed by atoms with Crippen LogP contribution < -0.4 is 10.5 Å². The molecule has 1 heterocycles. The number of esters is 1. The number of sulfonamides is 1. The molecular formula is C12H20N4O5S. The molecule has 22 heavy (non-hydrogen) atoms. The van der Waals surface area contributed by atoms with E-state index in [0.29, 0.717) is 12.1 Å². The van der Waals surface area contributed by atoms with Gasteiger partial charge in [-0.3, -0.25) is 9.48 Å². The van der Waals surface area contributed by atoms with Gasteiger partial charge in [0.15, 0.2) is 11.3 Å². The molecule has 1 amide bonds. The van der Waals surface area contributed by atoms with E-state index in [1.165, 1.54) is 24.1 Å². The van der Waals surface area contributed by atoms with E-state index in [-0.39, 0.29) is 6.42 Å². The van der Waals surface area contributed by atoms with Gasteiger partial charge in [-0.1, -0.05) is 13.3 Å². The Balaban J connectivity index is 3.06. The number of aryl methyl sites for hydroxylation is 1. The Kier molecular flexibility index (Phi) is 6.06. The molecule has 0 saturated heterocycles. The van der Waals surface area contributed by atoms with Gasteiger partial charge in [-0.05, 0) is 12.5 Å². The second kappa shape index (κ2) is 7.36. The lowest BCUT2D eigenvalue weighted by molar-refractivity contribution is -0.145. The largest absolute Gasteiger partial charge is 0.467 e. The van der Waals surface area contributed by atoms with Crippen molar-refractivity contribution in [3.05, 3.63) is 18.0 Å². The van der Waals surface area contributed by atoms with Crippen LogP contribution in [-0.4, -0.2) is 42.4 Å². The van der Waals surface area contributed by atoms with E-state index in [1.807, 2.05) is 0 Å². The maximum atomic E-state index is 12.2. The Bertz CT molecular complexity index is 640. The van der Waals surface area contributed by atoms with Crippen LogP contribution in [0.5, 0.6) is 0 Å². The average molecular weight is 332 g/mol. The molecule has 124 valence electrons. The van der Waals surface area contributed by atoms with Gasteiger partial charge in [-0.25, -0.2) is 18.4 Å². The Morgan fingerprint density at radius 2 is 2.14 bits per heavy atom. The first-order valence-corrected chi connectivity index (χ1v) is 8.21. The van der Waals surface area contributed by atoms with E-state index in [0.717, 1.165) is 0 Å². The normalized spacial score (nSPS) is 14.2. The van der Waals surface area contributed by atoms with Gasteiger partial charge in [0.25, 0.3) is 0 Å². The fraction of sp³-hybridized carbons (Fsp3) is 0.583. The molecule has 9 nitrogen and oxygen atoms in total. The second-order valence-electron chi connectivity index (χ2n) is 4.71. The van der Waals surface area contributed by atoms with Crippen LogP contribution in [0.4, 0.5) is 0 Å². The minimum Gasteiger partial charge on any atom is -0.467 e. The lowest BCUT2D eigenvalue weighted by atomic mass is 10.1. The summed E-state index contributed by atoms with van der Waals surface area (Å²) in [5.74, 6) is -1.58. The zero-order valence-electron chi connectivity index (χ0n) is 12.6. The number of aromatic nitrogens is 2. The quantitative estimate of drug-likeness (QED) is 0.628. The topological polar surface area (TPSA) is 133 Å². The lowest BCUT2D eigenvalue weighted by Gasteiger charge is -2.20. The lowest BCUT2D eigenvalue weighted by Crippen LogP contribution is -2.46. The highest BCUT2D eigenvalue weighted by molar-refractivity contribution is 7.90. The van der Waals surface area contributed by atoms with E-state index in [9.17, 15) is 18.0 Å². The Morgan fingerprint density at radius 3 is 2.55 bits per heavy atom. The van der Waals surface area contributed by atoms with Crippen LogP contribution >= 0.6 is 0 Å². The fourth-order valence-corrected chi connectivity index (χ4v) is 2.91. The molecule has 1 rings (SSSR count). The van der Waals surface area contributed by atoms with Crippen molar-refractivity contribution in [1.82, 2.24) is 15.1 Å². The highest BCUT2D eigenvalue weighted by atomic mass is 32.2. The van der Waals surface area contributed by atoms with Gasteiger partial charge in [-0.2, -0.15) is 5.10 Å². The van der Waals surface area contributed by atoms with Crippen LogP contribution in [0.3, 0.4) is 0 Å². The van der Waals surface area contributed by atoms with Gasteiger partial charge in [0.05, 0.1) is 12.8 Å². The number of rotatable bonds is 7. The third-order valence-electron chi connectivity index (χ3n) is 3.12. The van der Waals surface area contributed by atoms with Gasteiger partial charge < -0.3 is 10.1 Å². The molecule has 0 aromatic carbocycles. The number of methoxy groups -OCH3 is 1. The number of ether oxygens (including phenoxy) is 1. The summed E-state index contributed by atoms with van der Waals surface area (Å²) in [6, 6.07) is 0.360. The SMILES string of the molecule is CCCC(C(=O)NC(C(=O)OC)c1ccnn1C)S(N)(=O)=O. The van der Waals surface area contributed by atoms with Crippen LogP contribution in [0.2, 0.25) is 0 Å². The van der Waals surface area contributed by atoms with Crippen LogP contribution in [0, 0.1) is 0 Å². The molecule has 0 bridgehead atoms. The molecule has 0 spiro atoms. The smallest absolute Gasteiger partial charge is 0.334 e. The molecule has 3 N–H and O–H groups in total. The molecule has 0 aliphatic heterocycles. The van der Waals surface area contributed by atoms with Crippen molar-refractivity contribution in [3.8, 4) is 0 Å². The maximum absolute atomic E-state index is 12.2. The molecule has 0 saturated carbocycles. The molecule has 10 heteroatoms. The summed E-state index contributed by atoms with van der Waals surface area (Å²) in [5, 5.41) is 9.93. The van der Waals surface area contributed by atoms with Crippen LogP contribution in [0.25, 0.3) is 0 Å². The Labute approximate surface area is 128 Å². The molecule has 0 aliphatic carbocycles. The number of hydrogen-bond acceptors (Lipinski definition) is 6. The third kappa shape index (κ3) is 4.28. The number of carbonyl (C=O) groups is 2. The van der Waals surface area contributed by atoms with E-state index in [2.05, 4.69) is 15.2 Å². The van der Waals surface area contributed by atoms with Crippen molar-refractivity contribution >= 4 is 21.9 Å². The molecule has 2 atom stereocenters. The standard InChI is InChI=1S/C12H20N4O5S/c1-4-5-9(22(13,19)20)11(17)15-10(12(18)21-3)8-6-7-14-16(8)2/h6-7,9-10H,4-5H2,1-3H3,(H,15,17)(H2,13,19,20). The zero-order chi connectivity index (χ0) is 16.9. The summed E-state index contributed by atoms with van der Waals surface area (Å²) >= 11 is 0. The second-order valence-corrected chi connectivity index (χ2v) is 6.46. The zero-order valence-corrected chi connectivity index (χ0v) is 13.5. The number of primary sulfonamides is 1. The van der Waals surface area contributed by atoms with Crippen molar-refractivity contribution in [2.75, 3.05) is 7.11 Å². The monoisotopic (exact) mass is 332 g/mol. The van der Waals surface area contributed by atoms with Crippen molar-refractivity contribution in [2.45, 2.75) is 31.1 Å². The van der Waals surface area contributed by atoms with Gasteiger partial charge in [-0.15, -0.1) is 0 Å². The van der Waals surface area contributed by atoms with Crippen molar-refractivity contribution < 1.29 is 22.7 Å². The van der Waals surface area contributed by atoms with Crippen LogP contribution in [0.1, 0.15) is 31.5 Å². The Morgan fingerprint density at radius 1 is 1.50 bits per heavy atom. The van der Waals surface area contributed by atoms with Crippen molar-refractivity contribution in [2.24, 2.45) is 12.2 Å². The van der Waals surface area contributed by atoms with Gasteiger partial charge in [0, 0.05) is 13.2 Å². The van der Waals surface area contributed by atoms with E-state index in [1.54, 1.807) is 14.0 Å². The number of carbonyl (C=O) groups excluding carboxylic acids is 2. The van der Waals surface area contributed by atoms with Gasteiger partial charge >= 0.3 is 5.97 Å². The van der Waals surface area contributed by atoms with Crippen LogP contribution in [-0.2, 0) is 31.4 Å². The number of hydrogen-bond donors (Lipinski definition) is 2. The minimum absolute atomic E-state index is 0.0595. The third-order valence-corrected chi connectivity index (χ3v) is 4.36. The predicted molar refractivity (Wildman–Crippen MR) is 77.9 cm³/mol. The van der Waals surface area contributed by atoms with Crippen molar-refractivity contribution in [3.63, 3.8) is 0 Å². The molecule has 1 aromatic heterocycles. The van der Waals surface area contributed by atoms with Gasteiger partial charge in [0.2, 0.25) is 15.9 Å². The molecule has 2 unspecified atom stereocenters. The maximum Gasteiger partial charge on any atom is 0.334 e. The van der Waals surface area contributed by atoms with Gasteiger partial charge in [0.1, 0.15) is 0 Å². The summed E-state index contributed by atoms with van der Waals surface area (Å²) in [7, 11) is -1.32. The summed E-state index contributed by atoms with van der Waals surface area (Å²) < 4.78 is 29.1. The fourth-order valence-electron chi connectivity index (χ4n) is 1.98. The van der Waals surface area contributed by atoms with Crippen LogP contribution in [0.15, 0.2) is 12.3 Å². The molecular weight excluding hydrogens is 312 g/mol. The molecule has 0 radical (unpaired) electrons. The number of nitrogens with one attached hydrogen (secondary N) is 1. The first kappa shape index (κ1) is 18.1. The molecule has 0 fully saturated rings. The predicted octanol–water partition coefficient (Wildman–Crippen LogP) is -0.792. The van der Waals surface area contributed by atoms with E-state index in [4.69, 9.17) is 5.14 Å². The summed E-state index contributed by atoms with van der Waals surface area (Å²) in [5.41, 5.74) is 0.366. The number of nitrogens with zero attached hydrogens (tertiary/aromatic N) is 2. The number of nitrogens with two attached hydrogens (primary N) is 1. The Hall–Kier alpha value is -1.94. The summed E-state index contributed by atoms with van der Waals surface area (Å²) in [4.78, 5) is 24.1. The van der Waals surface area contributed by atoms with Crippen molar-refractivity contribution in [1.29, 1.82) is 0 Å². The highest BCUT2D eigenvalue weighted by Gasteiger charge is 2.34. The number of amides is 1.